The molecule has 1 saturated heterocycles. The zero-order valence-corrected chi connectivity index (χ0v) is 17.1. The molecule has 3 rings (SSSR count). The van der Waals surface area contributed by atoms with E-state index in [9.17, 15) is 23.3 Å². The number of amides is 1. The van der Waals surface area contributed by atoms with Crippen LogP contribution >= 0.6 is 27.3 Å². The van der Waals surface area contributed by atoms with Gasteiger partial charge in [-0.25, -0.2) is 13.4 Å². The van der Waals surface area contributed by atoms with Gasteiger partial charge in [0.05, 0.1) is 9.82 Å². The van der Waals surface area contributed by atoms with Crippen molar-refractivity contribution in [1.29, 1.82) is 0 Å². The van der Waals surface area contributed by atoms with Crippen LogP contribution in [0.3, 0.4) is 0 Å². The zero-order valence-electron chi connectivity index (χ0n) is 13.9. The third-order valence-electron chi connectivity index (χ3n) is 4.18. The van der Waals surface area contributed by atoms with Gasteiger partial charge in [0, 0.05) is 23.5 Å². The van der Waals surface area contributed by atoms with Crippen LogP contribution in [-0.2, 0) is 14.8 Å². The highest BCUT2D eigenvalue weighted by Crippen LogP contribution is 2.28. The molecule has 1 aliphatic heterocycles. The molecule has 2 heterocycles. The summed E-state index contributed by atoms with van der Waals surface area (Å²) in [6.07, 6.45) is 1.83. The molecule has 1 aliphatic rings. The molecule has 12 heteroatoms. The number of rotatable bonds is 5. The summed E-state index contributed by atoms with van der Waals surface area (Å²) in [5.41, 5.74) is 0. The topological polar surface area (TPSA) is 123 Å². The van der Waals surface area contributed by atoms with Gasteiger partial charge in [-0.2, -0.15) is 4.31 Å². The summed E-state index contributed by atoms with van der Waals surface area (Å²) in [5, 5.41) is 13.2. The largest absolute Gasteiger partial charge is 0.345 e. The monoisotopic (exact) mass is 474 g/mol. The molecule has 0 saturated carbocycles. The summed E-state index contributed by atoms with van der Waals surface area (Å²) in [7, 11) is -3.60. The van der Waals surface area contributed by atoms with Crippen molar-refractivity contribution in [3.8, 4) is 0 Å². The molecule has 1 N–H and O–H groups in total. The molecule has 1 amide bonds. The van der Waals surface area contributed by atoms with E-state index in [2.05, 4.69) is 26.2 Å². The summed E-state index contributed by atoms with van der Waals surface area (Å²) in [6, 6.07) is 6.40. The summed E-state index contributed by atoms with van der Waals surface area (Å²) in [6.45, 7) is 0.461. The number of carbonyl (C=O) groups excluding carboxylic acids is 1. The van der Waals surface area contributed by atoms with Gasteiger partial charge >= 0.3 is 5.00 Å². The van der Waals surface area contributed by atoms with E-state index in [0.29, 0.717) is 12.8 Å². The second-order valence-electron chi connectivity index (χ2n) is 5.88. The molecule has 0 bridgehead atoms. The van der Waals surface area contributed by atoms with Crippen molar-refractivity contribution in [3.05, 3.63) is 45.0 Å². The van der Waals surface area contributed by atoms with Crippen molar-refractivity contribution >= 4 is 53.3 Å². The van der Waals surface area contributed by atoms with E-state index < -0.39 is 14.9 Å². The lowest BCUT2D eigenvalue weighted by Gasteiger charge is -2.30. The number of halogens is 1. The van der Waals surface area contributed by atoms with Crippen LogP contribution in [0.4, 0.5) is 10.1 Å². The number of hydrogen-bond donors (Lipinski definition) is 1. The lowest BCUT2D eigenvalue weighted by atomic mass is 9.97. The van der Waals surface area contributed by atoms with E-state index in [0.717, 1.165) is 22.0 Å². The number of nitro groups is 1. The molecule has 0 aliphatic carbocycles. The highest BCUT2D eigenvalue weighted by molar-refractivity contribution is 9.10. The van der Waals surface area contributed by atoms with Gasteiger partial charge in [-0.15, -0.1) is 0 Å². The quantitative estimate of drug-likeness (QED) is 0.524. The number of anilines is 1. The molecule has 0 unspecified atom stereocenters. The van der Waals surface area contributed by atoms with E-state index in [4.69, 9.17) is 0 Å². The van der Waals surface area contributed by atoms with Crippen molar-refractivity contribution in [2.75, 3.05) is 18.4 Å². The lowest BCUT2D eigenvalue weighted by Crippen LogP contribution is -2.41. The molecule has 1 aromatic heterocycles. The number of hydrogen-bond acceptors (Lipinski definition) is 7. The Labute approximate surface area is 167 Å². The maximum atomic E-state index is 12.7. The molecule has 27 heavy (non-hydrogen) atoms. The SMILES string of the molecule is O=C(Nc1ncc([N+](=O)[O-])s1)C1CCN(S(=O)(=O)c2ccc(Br)cc2)CC1. The van der Waals surface area contributed by atoms with Gasteiger partial charge in [0.2, 0.25) is 15.9 Å². The van der Waals surface area contributed by atoms with E-state index in [1.54, 1.807) is 12.1 Å². The molecule has 1 fully saturated rings. The number of carbonyl (C=O) groups is 1. The Morgan fingerprint density at radius 2 is 1.93 bits per heavy atom. The van der Waals surface area contributed by atoms with Crippen LogP contribution in [0, 0.1) is 16.0 Å². The predicted molar refractivity (Wildman–Crippen MR) is 103 cm³/mol. The number of sulfonamides is 1. The van der Waals surface area contributed by atoms with Crippen molar-refractivity contribution in [2.24, 2.45) is 5.92 Å². The van der Waals surface area contributed by atoms with Crippen LogP contribution in [0.5, 0.6) is 0 Å². The standard InChI is InChI=1S/C15H15BrN4O5S2/c16-11-1-3-12(4-2-11)27(24,25)19-7-5-10(6-8-19)14(21)18-15-17-9-13(26-15)20(22)23/h1-4,9-10H,5-8H2,(H,17,18,21). The van der Waals surface area contributed by atoms with Crippen LogP contribution in [0.2, 0.25) is 0 Å². The minimum absolute atomic E-state index is 0.152. The number of piperidine rings is 1. The maximum absolute atomic E-state index is 12.7. The Balaban J connectivity index is 1.60. The fraction of sp³-hybridized carbons (Fsp3) is 0.333. The Kier molecular flexibility index (Phi) is 5.89. The average molecular weight is 475 g/mol. The van der Waals surface area contributed by atoms with Crippen molar-refractivity contribution in [2.45, 2.75) is 17.7 Å². The van der Waals surface area contributed by atoms with E-state index in [1.165, 1.54) is 16.4 Å². The molecule has 0 radical (unpaired) electrons. The van der Waals surface area contributed by atoms with Crippen molar-refractivity contribution in [1.82, 2.24) is 9.29 Å². The van der Waals surface area contributed by atoms with Gasteiger partial charge in [-0.05, 0) is 48.4 Å². The number of nitrogens with zero attached hydrogens (tertiary/aromatic N) is 3. The number of benzene rings is 1. The van der Waals surface area contributed by atoms with Crippen LogP contribution < -0.4 is 5.32 Å². The fourth-order valence-corrected chi connectivity index (χ4v) is 5.10. The first-order chi connectivity index (χ1) is 12.8. The van der Waals surface area contributed by atoms with Crippen molar-refractivity contribution in [3.63, 3.8) is 0 Å². The number of thiazole rings is 1. The van der Waals surface area contributed by atoms with Crippen LogP contribution in [0.25, 0.3) is 0 Å². The van der Waals surface area contributed by atoms with E-state index in [1.807, 2.05) is 0 Å². The van der Waals surface area contributed by atoms with Gasteiger partial charge in [0.25, 0.3) is 0 Å². The van der Waals surface area contributed by atoms with Crippen molar-refractivity contribution < 1.29 is 18.1 Å². The summed E-state index contributed by atoms with van der Waals surface area (Å²) in [4.78, 5) is 26.4. The third-order valence-corrected chi connectivity index (χ3v) is 7.49. The Bertz CT molecular complexity index is 953. The minimum Gasteiger partial charge on any atom is -0.302 e. The smallest absolute Gasteiger partial charge is 0.302 e. The highest BCUT2D eigenvalue weighted by atomic mass is 79.9. The van der Waals surface area contributed by atoms with E-state index >= 15 is 0 Å². The molecular weight excluding hydrogens is 460 g/mol. The Hall–Kier alpha value is -1.89. The van der Waals surface area contributed by atoms with Crippen LogP contribution in [-0.4, -0.2) is 41.6 Å². The normalized spacial score (nSPS) is 16.2. The number of nitrogens with one attached hydrogen (secondary N) is 1. The second-order valence-corrected chi connectivity index (χ2v) is 9.75. The molecule has 0 atom stereocenters. The summed E-state index contributed by atoms with van der Waals surface area (Å²) in [5.74, 6) is -0.677. The van der Waals surface area contributed by atoms with Gasteiger partial charge in [0.15, 0.2) is 5.13 Å². The molecular formula is C15H15BrN4O5S2. The molecule has 1 aromatic carbocycles. The first-order valence-corrected chi connectivity index (χ1v) is 11.0. The Morgan fingerprint density at radius 3 is 2.48 bits per heavy atom. The van der Waals surface area contributed by atoms with Crippen LogP contribution in [0.15, 0.2) is 39.8 Å². The summed E-state index contributed by atoms with van der Waals surface area (Å²) < 4.78 is 27.5. The van der Waals surface area contributed by atoms with Crippen LogP contribution in [0.1, 0.15) is 12.8 Å². The zero-order chi connectivity index (χ0) is 19.6. The molecule has 0 spiro atoms. The fourth-order valence-electron chi connectivity index (χ4n) is 2.73. The Morgan fingerprint density at radius 1 is 1.30 bits per heavy atom. The molecule has 9 nitrogen and oxygen atoms in total. The van der Waals surface area contributed by atoms with Gasteiger partial charge < -0.3 is 5.32 Å². The first kappa shape index (κ1) is 19.9. The van der Waals surface area contributed by atoms with E-state index in [-0.39, 0.29) is 39.9 Å². The molecule has 144 valence electrons. The average Bonchev–Trinajstić information content (AvgIpc) is 3.11. The first-order valence-electron chi connectivity index (χ1n) is 7.94. The predicted octanol–water partition coefficient (Wildman–Crippen LogP) is 2.85. The minimum atomic E-state index is -3.60. The second kappa shape index (κ2) is 8.00. The van der Waals surface area contributed by atoms with Gasteiger partial charge in [-0.3, -0.25) is 14.9 Å². The summed E-state index contributed by atoms with van der Waals surface area (Å²) >= 11 is 4.06. The lowest BCUT2D eigenvalue weighted by molar-refractivity contribution is -0.380. The highest BCUT2D eigenvalue weighted by Gasteiger charge is 2.32. The van der Waals surface area contributed by atoms with Gasteiger partial charge in [-0.1, -0.05) is 15.9 Å². The van der Waals surface area contributed by atoms with Gasteiger partial charge in [0.1, 0.15) is 6.20 Å². The third kappa shape index (κ3) is 4.51. The molecule has 2 aromatic rings. The maximum Gasteiger partial charge on any atom is 0.345 e. The number of aromatic nitrogens is 1.